The average molecular weight is 416 g/mol. The van der Waals surface area contributed by atoms with Gasteiger partial charge in [0.25, 0.3) is 0 Å². The first kappa shape index (κ1) is 19.8. The zero-order chi connectivity index (χ0) is 21.5. The van der Waals surface area contributed by atoms with E-state index in [9.17, 15) is 0 Å². The Morgan fingerprint density at radius 1 is 1.03 bits per heavy atom. The van der Waals surface area contributed by atoms with E-state index in [1.165, 1.54) is 12.0 Å². The van der Waals surface area contributed by atoms with Crippen molar-refractivity contribution < 1.29 is 0 Å². The summed E-state index contributed by atoms with van der Waals surface area (Å²) in [5.74, 6) is 1.67. The van der Waals surface area contributed by atoms with Crippen molar-refractivity contribution in [2.45, 2.75) is 25.4 Å². The summed E-state index contributed by atoms with van der Waals surface area (Å²) in [6.45, 7) is 4.33. The molecule has 0 spiro atoms. The number of nitrogens with zero attached hydrogens (tertiary/aromatic N) is 6. The highest BCUT2D eigenvalue weighted by atomic mass is 15.4. The van der Waals surface area contributed by atoms with E-state index < -0.39 is 0 Å². The van der Waals surface area contributed by atoms with Gasteiger partial charge in [-0.25, -0.2) is 15.0 Å². The molecule has 4 heterocycles. The van der Waals surface area contributed by atoms with Gasteiger partial charge in [0.2, 0.25) is 5.95 Å². The average Bonchev–Trinajstić information content (AvgIpc) is 3.34. The van der Waals surface area contributed by atoms with E-state index in [4.69, 9.17) is 9.97 Å². The molecule has 2 bridgehead atoms. The maximum Gasteiger partial charge on any atom is 0.227 e. The smallest absolute Gasteiger partial charge is 0.227 e. The van der Waals surface area contributed by atoms with Gasteiger partial charge >= 0.3 is 0 Å². The first-order valence-electron chi connectivity index (χ1n) is 10.8. The molecule has 2 aliphatic heterocycles. The lowest BCUT2D eigenvalue weighted by Crippen LogP contribution is -2.45. The Hall–Kier alpha value is -3.19. The SMILES string of the molecule is Cc1cc(Nc2nccc(-c3ccc(N(C)C)cc3)n2)cnc1N1C[C@@H]2C[C@H]1CN2C. The molecule has 1 N–H and O–H groups in total. The van der Waals surface area contributed by atoms with Gasteiger partial charge in [-0.2, -0.15) is 0 Å². The van der Waals surface area contributed by atoms with Crippen LogP contribution in [0.4, 0.5) is 23.1 Å². The molecular weight excluding hydrogens is 386 g/mol. The molecule has 0 radical (unpaired) electrons. The van der Waals surface area contributed by atoms with Crippen molar-refractivity contribution in [1.82, 2.24) is 19.9 Å². The summed E-state index contributed by atoms with van der Waals surface area (Å²) < 4.78 is 0. The van der Waals surface area contributed by atoms with Crippen LogP contribution in [-0.4, -0.2) is 66.2 Å². The van der Waals surface area contributed by atoms with Crippen molar-refractivity contribution >= 4 is 23.1 Å². The summed E-state index contributed by atoms with van der Waals surface area (Å²) in [6, 6.07) is 13.7. The number of nitrogens with one attached hydrogen (secondary N) is 1. The zero-order valence-electron chi connectivity index (χ0n) is 18.6. The normalized spacial score (nSPS) is 20.3. The van der Waals surface area contributed by atoms with Crippen molar-refractivity contribution in [2.75, 3.05) is 49.3 Å². The molecule has 2 fully saturated rings. The molecule has 0 amide bonds. The highest BCUT2D eigenvalue weighted by Gasteiger charge is 2.42. The highest BCUT2D eigenvalue weighted by molar-refractivity contribution is 5.65. The summed E-state index contributed by atoms with van der Waals surface area (Å²) in [5, 5.41) is 3.32. The molecule has 0 saturated carbocycles. The standard InChI is InChI=1S/C24H29N7/c1-16-11-18(13-26-23(16)31-15-20-12-21(31)14-30(20)4)27-24-25-10-9-22(28-24)17-5-7-19(8-6-17)29(2)3/h5-11,13,20-21H,12,14-15H2,1-4H3,(H,25,27,28)/t20-,21-/m0/s1. The third-order valence-electron chi connectivity index (χ3n) is 6.43. The molecule has 1 aromatic carbocycles. The molecule has 2 saturated heterocycles. The van der Waals surface area contributed by atoms with E-state index in [0.29, 0.717) is 18.0 Å². The predicted octanol–water partition coefficient (Wildman–Crippen LogP) is 3.55. The van der Waals surface area contributed by atoms with E-state index in [-0.39, 0.29) is 0 Å². The maximum atomic E-state index is 4.79. The van der Waals surface area contributed by atoms with Gasteiger partial charge in [-0.3, -0.25) is 4.90 Å². The lowest BCUT2D eigenvalue weighted by atomic mass is 10.1. The highest BCUT2D eigenvalue weighted by Crippen LogP contribution is 2.34. The molecular formula is C24H29N7. The molecule has 7 nitrogen and oxygen atoms in total. The predicted molar refractivity (Wildman–Crippen MR) is 126 cm³/mol. The van der Waals surface area contributed by atoms with Gasteiger partial charge in [-0.05, 0) is 50.2 Å². The largest absolute Gasteiger partial charge is 0.378 e. The second-order valence-electron chi connectivity index (χ2n) is 8.83. The second kappa shape index (κ2) is 7.81. The topological polar surface area (TPSA) is 60.4 Å². The number of likely N-dealkylation sites (N-methyl/N-ethyl adjacent to an activating group) is 1. The Bertz CT molecular complexity index is 1080. The minimum absolute atomic E-state index is 0.574. The summed E-state index contributed by atoms with van der Waals surface area (Å²) >= 11 is 0. The van der Waals surface area contributed by atoms with Crippen molar-refractivity contribution in [3.8, 4) is 11.3 Å². The fourth-order valence-corrected chi connectivity index (χ4v) is 4.70. The fourth-order valence-electron chi connectivity index (χ4n) is 4.70. The van der Waals surface area contributed by atoms with Crippen LogP contribution >= 0.6 is 0 Å². The Morgan fingerprint density at radius 3 is 2.48 bits per heavy atom. The fraction of sp³-hybridized carbons (Fsp3) is 0.375. The molecule has 2 aliphatic rings. The van der Waals surface area contributed by atoms with Crippen LogP contribution in [0.5, 0.6) is 0 Å². The summed E-state index contributed by atoms with van der Waals surface area (Å²) in [6.07, 6.45) is 4.92. The number of aryl methyl sites for hydroxylation is 1. The van der Waals surface area contributed by atoms with E-state index in [1.54, 1.807) is 6.20 Å². The maximum absolute atomic E-state index is 4.79. The number of piperazine rings is 1. The molecule has 0 unspecified atom stereocenters. The van der Waals surface area contributed by atoms with E-state index in [0.717, 1.165) is 41.5 Å². The van der Waals surface area contributed by atoms with Crippen molar-refractivity contribution in [3.05, 3.63) is 54.4 Å². The molecule has 2 aromatic heterocycles. The molecule has 5 rings (SSSR count). The molecule has 0 aliphatic carbocycles. The quantitative estimate of drug-likeness (QED) is 0.684. The molecule has 2 atom stereocenters. The summed E-state index contributed by atoms with van der Waals surface area (Å²) in [7, 11) is 6.30. The number of hydrogen-bond acceptors (Lipinski definition) is 7. The molecule has 160 valence electrons. The van der Waals surface area contributed by atoms with Crippen molar-refractivity contribution in [3.63, 3.8) is 0 Å². The second-order valence-corrected chi connectivity index (χ2v) is 8.83. The number of likely N-dealkylation sites (tertiary alicyclic amines) is 1. The Labute approximate surface area is 183 Å². The minimum Gasteiger partial charge on any atom is -0.378 e. The number of hydrogen-bond donors (Lipinski definition) is 1. The Kier molecular flexibility index (Phi) is 4.98. The van der Waals surface area contributed by atoms with Crippen LogP contribution in [0.25, 0.3) is 11.3 Å². The summed E-state index contributed by atoms with van der Waals surface area (Å²) in [4.78, 5) is 20.9. The third-order valence-corrected chi connectivity index (χ3v) is 6.43. The van der Waals surface area contributed by atoms with Crippen LogP contribution in [-0.2, 0) is 0 Å². The van der Waals surface area contributed by atoms with Gasteiger partial charge in [0, 0.05) is 56.7 Å². The number of rotatable bonds is 5. The molecule has 31 heavy (non-hydrogen) atoms. The van der Waals surface area contributed by atoms with Crippen LogP contribution in [0, 0.1) is 6.92 Å². The first-order chi connectivity index (χ1) is 15.0. The van der Waals surface area contributed by atoms with Crippen molar-refractivity contribution in [1.29, 1.82) is 0 Å². The number of anilines is 4. The van der Waals surface area contributed by atoms with Gasteiger partial charge in [0.1, 0.15) is 5.82 Å². The summed E-state index contributed by atoms with van der Waals surface area (Å²) in [5.41, 5.74) is 5.20. The van der Waals surface area contributed by atoms with Crippen LogP contribution < -0.4 is 15.1 Å². The Balaban J connectivity index is 1.32. The number of benzene rings is 1. The van der Waals surface area contributed by atoms with Crippen molar-refractivity contribution in [2.24, 2.45) is 0 Å². The van der Waals surface area contributed by atoms with E-state index in [2.05, 4.69) is 69.3 Å². The lowest BCUT2D eigenvalue weighted by molar-refractivity contribution is 0.292. The molecule has 7 heteroatoms. The van der Waals surface area contributed by atoms with E-state index >= 15 is 0 Å². The number of aromatic nitrogens is 3. The molecule has 3 aromatic rings. The van der Waals surface area contributed by atoms with Crippen LogP contribution in [0.3, 0.4) is 0 Å². The van der Waals surface area contributed by atoms with Gasteiger partial charge < -0.3 is 15.1 Å². The Morgan fingerprint density at radius 2 is 1.84 bits per heavy atom. The van der Waals surface area contributed by atoms with Gasteiger partial charge in [0.15, 0.2) is 0 Å². The van der Waals surface area contributed by atoms with E-state index in [1.807, 2.05) is 26.4 Å². The lowest BCUT2D eigenvalue weighted by Gasteiger charge is -2.33. The number of fused-ring (bicyclic) bond motifs is 2. The van der Waals surface area contributed by atoms with Crippen LogP contribution in [0.2, 0.25) is 0 Å². The number of pyridine rings is 1. The van der Waals surface area contributed by atoms with Gasteiger partial charge in [-0.15, -0.1) is 0 Å². The van der Waals surface area contributed by atoms with Gasteiger partial charge in [0.05, 0.1) is 17.6 Å². The minimum atomic E-state index is 0.574. The van der Waals surface area contributed by atoms with Gasteiger partial charge in [-0.1, -0.05) is 12.1 Å². The van der Waals surface area contributed by atoms with Crippen LogP contribution in [0.15, 0.2) is 48.8 Å². The third kappa shape index (κ3) is 3.81. The first-order valence-corrected chi connectivity index (χ1v) is 10.8. The van der Waals surface area contributed by atoms with Crippen LogP contribution in [0.1, 0.15) is 12.0 Å². The zero-order valence-corrected chi connectivity index (χ0v) is 18.6. The monoisotopic (exact) mass is 415 g/mol.